The molecule has 0 saturated heterocycles. The molecule has 0 aliphatic carbocycles. The maximum atomic E-state index is 12.7. The molecule has 2 aromatic carbocycles. The van der Waals surface area contributed by atoms with Gasteiger partial charge in [-0.3, -0.25) is 19.7 Å². The summed E-state index contributed by atoms with van der Waals surface area (Å²) < 4.78 is 5.12. The van der Waals surface area contributed by atoms with Crippen molar-refractivity contribution in [3.05, 3.63) is 100.0 Å². The second-order valence-corrected chi connectivity index (χ2v) is 7.61. The quantitative estimate of drug-likeness (QED) is 0.276. The van der Waals surface area contributed by atoms with Gasteiger partial charge in [0.15, 0.2) is 0 Å². The lowest BCUT2D eigenvalue weighted by Crippen LogP contribution is -2.47. The summed E-state index contributed by atoms with van der Waals surface area (Å²) in [5.74, 6) is 0.415. The van der Waals surface area contributed by atoms with Crippen LogP contribution in [0.15, 0.2) is 82.5 Å². The third-order valence-corrected chi connectivity index (χ3v) is 5.37. The minimum absolute atomic E-state index is 0.124. The summed E-state index contributed by atoms with van der Waals surface area (Å²) in [6, 6.07) is 17.4. The van der Waals surface area contributed by atoms with Crippen molar-refractivity contribution in [2.24, 2.45) is 5.10 Å². The number of thioether (sulfide) groups is 1. The molecular formula is C22H20N4O5S. The minimum atomic E-state index is -0.875. The molecule has 1 atom stereocenters. The Balaban J connectivity index is 1.64. The summed E-state index contributed by atoms with van der Waals surface area (Å²) in [5, 5.41) is 17.3. The van der Waals surface area contributed by atoms with Crippen molar-refractivity contribution >= 4 is 35.5 Å². The van der Waals surface area contributed by atoms with Gasteiger partial charge in [0.05, 0.1) is 17.4 Å². The van der Waals surface area contributed by atoms with Crippen LogP contribution in [0.2, 0.25) is 0 Å². The number of furan rings is 1. The van der Waals surface area contributed by atoms with E-state index in [1.165, 1.54) is 48.5 Å². The molecule has 0 aliphatic rings. The molecule has 1 aromatic heterocycles. The lowest BCUT2D eigenvalue weighted by atomic mass is 10.2. The van der Waals surface area contributed by atoms with Crippen LogP contribution in [-0.2, 0) is 10.5 Å². The highest BCUT2D eigenvalue weighted by atomic mass is 32.2. The van der Waals surface area contributed by atoms with Crippen LogP contribution in [-0.4, -0.2) is 34.7 Å². The van der Waals surface area contributed by atoms with Gasteiger partial charge in [-0.05, 0) is 29.8 Å². The molecule has 1 heterocycles. The first-order chi connectivity index (χ1) is 15.5. The first-order valence-corrected chi connectivity index (χ1v) is 10.7. The number of carbonyl (C=O) groups is 2. The predicted molar refractivity (Wildman–Crippen MR) is 121 cm³/mol. The lowest BCUT2D eigenvalue weighted by molar-refractivity contribution is -0.384. The smallest absolute Gasteiger partial charge is 0.269 e. The summed E-state index contributed by atoms with van der Waals surface area (Å²) in [5.41, 5.74) is 3.58. The van der Waals surface area contributed by atoms with Gasteiger partial charge in [0.2, 0.25) is 0 Å². The van der Waals surface area contributed by atoms with Gasteiger partial charge in [-0.2, -0.15) is 16.9 Å². The van der Waals surface area contributed by atoms with Crippen LogP contribution in [0.3, 0.4) is 0 Å². The van der Waals surface area contributed by atoms with Crippen LogP contribution < -0.4 is 10.7 Å². The molecule has 0 unspecified atom stereocenters. The van der Waals surface area contributed by atoms with Gasteiger partial charge in [0, 0.05) is 29.2 Å². The highest BCUT2D eigenvalue weighted by Crippen LogP contribution is 2.15. The number of nitro groups is 1. The third-order valence-electron chi connectivity index (χ3n) is 4.27. The van der Waals surface area contributed by atoms with Crippen molar-refractivity contribution in [1.29, 1.82) is 0 Å². The third kappa shape index (κ3) is 6.81. The van der Waals surface area contributed by atoms with Crippen LogP contribution >= 0.6 is 11.8 Å². The lowest BCUT2D eigenvalue weighted by Gasteiger charge is -2.17. The number of amides is 2. The summed E-state index contributed by atoms with van der Waals surface area (Å²) >= 11 is 1.48. The molecule has 2 N–H and O–H groups in total. The standard InChI is InChI=1S/C22H20N4O5S/c27-21(17-8-10-18(11-9-17)26(29)30)24-20(15-32-14-16-5-2-1-3-6-16)22(28)25-23-13-19-7-4-12-31-19/h1-13,20H,14-15H2,(H,24,27)(H,25,28)/t20-/m1/s1. The average molecular weight is 452 g/mol. The van der Waals surface area contributed by atoms with Crippen LogP contribution in [0, 0.1) is 10.1 Å². The van der Waals surface area contributed by atoms with E-state index in [2.05, 4.69) is 15.8 Å². The number of carbonyl (C=O) groups excluding carboxylic acids is 2. The van der Waals surface area contributed by atoms with Gasteiger partial charge in [-0.25, -0.2) is 5.43 Å². The fraction of sp³-hybridized carbons (Fsp3) is 0.136. The summed E-state index contributed by atoms with van der Waals surface area (Å²) in [4.78, 5) is 35.5. The molecule has 10 heteroatoms. The molecule has 3 aromatic rings. The van der Waals surface area contributed by atoms with Crippen molar-refractivity contribution in [1.82, 2.24) is 10.7 Å². The van der Waals surface area contributed by atoms with Crippen molar-refractivity contribution < 1.29 is 18.9 Å². The molecule has 0 saturated carbocycles. The fourth-order valence-electron chi connectivity index (χ4n) is 2.63. The van der Waals surface area contributed by atoms with Gasteiger partial charge in [0.25, 0.3) is 17.5 Å². The molecule has 0 spiro atoms. The molecule has 0 fully saturated rings. The number of nitrogens with one attached hydrogen (secondary N) is 2. The SMILES string of the molecule is O=C(N[C@H](CSCc1ccccc1)C(=O)NN=Cc1ccco1)c1ccc([N+](=O)[O-])cc1. The van der Waals surface area contributed by atoms with Crippen molar-refractivity contribution in [3.8, 4) is 0 Å². The highest BCUT2D eigenvalue weighted by molar-refractivity contribution is 7.98. The monoisotopic (exact) mass is 452 g/mol. The Morgan fingerprint density at radius 2 is 1.84 bits per heavy atom. The number of nitro benzene ring substituents is 1. The first-order valence-electron chi connectivity index (χ1n) is 9.56. The van der Waals surface area contributed by atoms with Crippen LogP contribution in [0.5, 0.6) is 0 Å². The molecule has 2 amide bonds. The van der Waals surface area contributed by atoms with E-state index in [0.717, 1.165) is 5.56 Å². The van der Waals surface area contributed by atoms with E-state index in [1.54, 1.807) is 12.1 Å². The minimum Gasteiger partial charge on any atom is -0.463 e. The Morgan fingerprint density at radius 3 is 2.50 bits per heavy atom. The molecule has 164 valence electrons. The average Bonchev–Trinajstić information content (AvgIpc) is 3.32. The Bertz CT molecular complexity index is 1070. The number of rotatable bonds is 10. The number of hydrogen-bond acceptors (Lipinski definition) is 7. The zero-order chi connectivity index (χ0) is 22.8. The van der Waals surface area contributed by atoms with E-state index in [1.807, 2.05) is 30.3 Å². The molecule has 0 aliphatic heterocycles. The summed E-state index contributed by atoms with van der Waals surface area (Å²) in [7, 11) is 0. The molecular weight excluding hydrogens is 432 g/mol. The second kappa shape index (κ2) is 11.5. The largest absolute Gasteiger partial charge is 0.463 e. The van der Waals surface area contributed by atoms with E-state index in [4.69, 9.17) is 4.42 Å². The number of non-ortho nitro benzene ring substituents is 1. The van der Waals surface area contributed by atoms with Crippen molar-refractivity contribution in [2.45, 2.75) is 11.8 Å². The van der Waals surface area contributed by atoms with Crippen LogP contribution in [0.25, 0.3) is 0 Å². The molecule has 0 radical (unpaired) electrons. The Hall–Kier alpha value is -3.92. The number of nitrogens with zero attached hydrogens (tertiary/aromatic N) is 2. The van der Waals surface area contributed by atoms with Gasteiger partial charge >= 0.3 is 0 Å². The van der Waals surface area contributed by atoms with Gasteiger partial charge in [-0.15, -0.1) is 0 Å². The summed E-state index contributed by atoms with van der Waals surface area (Å²) in [6.45, 7) is 0. The van der Waals surface area contributed by atoms with Crippen LogP contribution in [0.1, 0.15) is 21.7 Å². The van der Waals surface area contributed by atoms with E-state index in [0.29, 0.717) is 17.3 Å². The highest BCUT2D eigenvalue weighted by Gasteiger charge is 2.22. The maximum absolute atomic E-state index is 12.7. The zero-order valence-corrected chi connectivity index (χ0v) is 17.7. The molecule has 32 heavy (non-hydrogen) atoms. The summed E-state index contributed by atoms with van der Waals surface area (Å²) in [6.07, 6.45) is 2.83. The van der Waals surface area contributed by atoms with Gasteiger partial charge in [-0.1, -0.05) is 30.3 Å². The van der Waals surface area contributed by atoms with Gasteiger partial charge < -0.3 is 9.73 Å². The Kier molecular flexibility index (Phi) is 8.15. The molecule has 9 nitrogen and oxygen atoms in total. The van der Waals surface area contributed by atoms with E-state index >= 15 is 0 Å². The van der Waals surface area contributed by atoms with Crippen molar-refractivity contribution in [3.63, 3.8) is 0 Å². The Morgan fingerprint density at radius 1 is 1.09 bits per heavy atom. The predicted octanol–water partition coefficient (Wildman–Crippen LogP) is 3.37. The topological polar surface area (TPSA) is 127 Å². The molecule has 0 bridgehead atoms. The van der Waals surface area contributed by atoms with E-state index in [9.17, 15) is 19.7 Å². The maximum Gasteiger partial charge on any atom is 0.269 e. The number of hydrazone groups is 1. The first kappa shape index (κ1) is 22.8. The van der Waals surface area contributed by atoms with E-state index < -0.39 is 22.8 Å². The van der Waals surface area contributed by atoms with Crippen molar-refractivity contribution in [2.75, 3.05) is 5.75 Å². The number of benzene rings is 2. The van der Waals surface area contributed by atoms with Gasteiger partial charge in [0.1, 0.15) is 11.8 Å². The van der Waals surface area contributed by atoms with E-state index in [-0.39, 0.29) is 11.3 Å². The second-order valence-electron chi connectivity index (χ2n) is 6.58. The van der Waals surface area contributed by atoms with Crippen LogP contribution in [0.4, 0.5) is 5.69 Å². The normalized spacial score (nSPS) is 11.8. The Labute approximate surface area is 188 Å². The fourth-order valence-corrected chi connectivity index (χ4v) is 3.65. The number of hydrogen-bond donors (Lipinski definition) is 2. The molecule has 3 rings (SSSR count). The zero-order valence-electron chi connectivity index (χ0n) is 16.8.